The van der Waals surface area contributed by atoms with E-state index in [-0.39, 0.29) is 19.5 Å². The van der Waals surface area contributed by atoms with Crippen molar-refractivity contribution < 1.29 is 12.8 Å². The van der Waals surface area contributed by atoms with Crippen LogP contribution in [0.3, 0.4) is 0 Å². The summed E-state index contributed by atoms with van der Waals surface area (Å²) in [4.78, 5) is 11.6. The molecule has 0 aliphatic carbocycles. The molecule has 0 saturated carbocycles. The van der Waals surface area contributed by atoms with Crippen LogP contribution >= 0.6 is 0 Å². The second kappa shape index (κ2) is 8.81. The van der Waals surface area contributed by atoms with E-state index in [9.17, 15) is 18.5 Å². The molecule has 9 nitrogen and oxygen atoms in total. The van der Waals surface area contributed by atoms with Crippen LogP contribution in [0.4, 0.5) is 0 Å². The van der Waals surface area contributed by atoms with Crippen LogP contribution in [0.25, 0.3) is 22.2 Å². The second-order valence-corrected chi connectivity index (χ2v) is 8.94. The number of nitrogens with two attached hydrogens (primary N) is 2. The molecule has 0 aliphatic rings. The summed E-state index contributed by atoms with van der Waals surface area (Å²) < 4.78 is 33.5. The maximum Gasteiger partial charge on any atom is 0.419 e. The predicted octanol–water partition coefficient (Wildman–Crippen LogP) is 0.439. The Labute approximate surface area is 173 Å². The molecular formula is C20H23N5O4S. The molecule has 1 atom stereocenters. The number of nitriles is 1. The first-order valence-electron chi connectivity index (χ1n) is 9.29. The number of benzene rings is 2. The lowest BCUT2D eigenvalue weighted by Gasteiger charge is -2.17. The number of nitrogens with zero attached hydrogens (tertiary/aromatic N) is 2. The summed E-state index contributed by atoms with van der Waals surface area (Å²) in [5, 5.41) is 8.42. The Morgan fingerprint density at radius 1 is 1.13 bits per heavy atom. The van der Waals surface area contributed by atoms with Crippen molar-refractivity contribution in [2.24, 2.45) is 18.5 Å². The number of oxazole rings is 1. The summed E-state index contributed by atoms with van der Waals surface area (Å²) in [5.74, 6) is -0.422. The zero-order chi connectivity index (χ0) is 21.9. The van der Waals surface area contributed by atoms with Crippen LogP contribution in [0.15, 0.2) is 51.7 Å². The van der Waals surface area contributed by atoms with Crippen LogP contribution in [0.2, 0.25) is 0 Å². The summed E-state index contributed by atoms with van der Waals surface area (Å²) in [6.07, 6.45) is 0.202. The Bertz CT molecular complexity index is 1230. The topological polar surface area (TPSA) is 157 Å². The van der Waals surface area contributed by atoms with Gasteiger partial charge in [0.1, 0.15) is 6.04 Å². The fourth-order valence-corrected chi connectivity index (χ4v) is 4.36. The lowest BCUT2D eigenvalue weighted by atomic mass is 10.0. The molecule has 1 aromatic heterocycles. The van der Waals surface area contributed by atoms with Gasteiger partial charge in [0.2, 0.25) is 10.0 Å². The maximum atomic E-state index is 12.3. The molecule has 0 fully saturated rings. The average molecular weight is 430 g/mol. The van der Waals surface area contributed by atoms with Crippen LogP contribution in [0.1, 0.15) is 5.56 Å². The molecule has 0 aliphatic heterocycles. The minimum Gasteiger partial charge on any atom is -0.408 e. The standard InChI is InChI=1S/C20H23N5O4S/c1-25-18-9-15(6-7-19(18)29-20(25)26)14-4-2-13(3-5-14)8-16(10-21)24-30(27,28)17(11-22)12-23/h2-7,9,16-17,24H,8,11-12,22-23H2,1H3/t16-/m0/s1. The zero-order valence-electron chi connectivity index (χ0n) is 16.4. The highest BCUT2D eigenvalue weighted by Gasteiger charge is 2.26. The number of sulfonamides is 1. The molecule has 10 heteroatoms. The van der Waals surface area contributed by atoms with Crippen molar-refractivity contribution >= 4 is 21.1 Å². The molecule has 2 aromatic carbocycles. The largest absolute Gasteiger partial charge is 0.419 e. The summed E-state index contributed by atoms with van der Waals surface area (Å²) in [6, 6.07) is 13.9. The van der Waals surface area contributed by atoms with Gasteiger partial charge >= 0.3 is 5.76 Å². The number of aryl methyl sites for hydroxylation is 1. The van der Waals surface area contributed by atoms with Gasteiger partial charge in [-0.2, -0.15) is 9.98 Å². The van der Waals surface area contributed by atoms with Gasteiger partial charge in [-0.25, -0.2) is 13.2 Å². The van der Waals surface area contributed by atoms with Crippen molar-refractivity contribution in [3.05, 3.63) is 58.6 Å². The van der Waals surface area contributed by atoms with E-state index >= 15 is 0 Å². The van der Waals surface area contributed by atoms with E-state index in [2.05, 4.69) is 4.72 Å². The van der Waals surface area contributed by atoms with E-state index in [1.807, 2.05) is 42.5 Å². The third kappa shape index (κ3) is 4.44. The molecule has 0 saturated heterocycles. The third-order valence-corrected chi connectivity index (χ3v) is 6.82. The highest BCUT2D eigenvalue weighted by Crippen LogP contribution is 2.24. The van der Waals surface area contributed by atoms with E-state index in [0.29, 0.717) is 11.1 Å². The first kappa shape index (κ1) is 21.7. The molecule has 0 spiro atoms. The van der Waals surface area contributed by atoms with E-state index < -0.39 is 27.1 Å². The van der Waals surface area contributed by atoms with Crippen molar-refractivity contribution in [3.63, 3.8) is 0 Å². The molecule has 0 bridgehead atoms. The smallest absolute Gasteiger partial charge is 0.408 e. The monoisotopic (exact) mass is 429 g/mol. The van der Waals surface area contributed by atoms with Gasteiger partial charge in [-0.05, 0) is 28.8 Å². The van der Waals surface area contributed by atoms with Gasteiger partial charge in [0.15, 0.2) is 5.58 Å². The van der Waals surface area contributed by atoms with Crippen molar-refractivity contribution in [2.45, 2.75) is 17.7 Å². The Kier molecular flexibility index (Phi) is 6.38. The SMILES string of the molecule is Cn1c(=O)oc2ccc(-c3ccc(C[C@@H](C#N)NS(=O)(=O)C(CN)CN)cc3)cc21. The maximum absolute atomic E-state index is 12.3. The number of hydrogen-bond donors (Lipinski definition) is 3. The highest BCUT2D eigenvalue weighted by molar-refractivity contribution is 7.90. The lowest BCUT2D eigenvalue weighted by molar-refractivity contribution is 0.528. The molecule has 0 unspecified atom stereocenters. The first-order valence-corrected chi connectivity index (χ1v) is 10.8. The fourth-order valence-electron chi connectivity index (χ4n) is 3.13. The van der Waals surface area contributed by atoms with E-state index in [0.717, 1.165) is 16.7 Å². The van der Waals surface area contributed by atoms with Crippen LogP contribution in [-0.2, 0) is 23.5 Å². The molecule has 0 amide bonds. The Balaban J connectivity index is 1.77. The van der Waals surface area contributed by atoms with E-state index in [4.69, 9.17) is 15.9 Å². The van der Waals surface area contributed by atoms with Crippen molar-refractivity contribution in [1.82, 2.24) is 9.29 Å². The molecule has 30 heavy (non-hydrogen) atoms. The van der Waals surface area contributed by atoms with Gasteiger partial charge in [-0.1, -0.05) is 30.3 Å². The zero-order valence-corrected chi connectivity index (χ0v) is 17.2. The molecule has 1 heterocycles. The third-order valence-electron chi connectivity index (χ3n) is 4.95. The minimum atomic E-state index is -3.79. The predicted molar refractivity (Wildman–Crippen MR) is 114 cm³/mol. The fraction of sp³-hybridized carbons (Fsp3) is 0.300. The van der Waals surface area contributed by atoms with Gasteiger partial charge in [-0.3, -0.25) is 4.57 Å². The van der Waals surface area contributed by atoms with Gasteiger partial charge in [0.05, 0.1) is 16.8 Å². The highest BCUT2D eigenvalue weighted by atomic mass is 32.2. The summed E-state index contributed by atoms with van der Waals surface area (Å²) >= 11 is 0. The average Bonchev–Trinajstić information content (AvgIpc) is 3.02. The molecule has 0 radical (unpaired) electrons. The molecule has 158 valence electrons. The quantitative estimate of drug-likeness (QED) is 0.469. The molecule has 3 rings (SSSR count). The van der Waals surface area contributed by atoms with Crippen LogP contribution in [0.5, 0.6) is 0 Å². The Morgan fingerprint density at radius 3 is 2.37 bits per heavy atom. The number of rotatable bonds is 8. The normalized spacial score (nSPS) is 12.9. The Hall–Kier alpha value is -2.97. The molecule has 5 N–H and O–H groups in total. The second-order valence-electron chi connectivity index (χ2n) is 6.95. The number of fused-ring (bicyclic) bond motifs is 1. The van der Waals surface area contributed by atoms with Crippen LogP contribution < -0.4 is 21.9 Å². The van der Waals surface area contributed by atoms with Gasteiger partial charge in [-0.15, -0.1) is 0 Å². The van der Waals surface area contributed by atoms with Gasteiger partial charge in [0, 0.05) is 26.6 Å². The van der Waals surface area contributed by atoms with Crippen LogP contribution in [0, 0.1) is 11.3 Å². The van der Waals surface area contributed by atoms with Crippen molar-refractivity contribution in [2.75, 3.05) is 13.1 Å². The summed E-state index contributed by atoms with van der Waals surface area (Å²) in [7, 11) is -2.14. The van der Waals surface area contributed by atoms with E-state index in [1.54, 1.807) is 13.1 Å². The molecule has 3 aromatic rings. The summed E-state index contributed by atoms with van der Waals surface area (Å²) in [6.45, 7) is -0.240. The number of hydrogen-bond acceptors (Lipinski definition) is 7. The van der Waals surface area contributed by atoms with Crippen molar-refractivity contribution in [3.8, 4) is 17.2 Å². The first-order chi connectivity index (χ1) is 14.3. The number of aromatic nitrogens is 1. The van der Waals surface area contributed by atoms with Crippen LogP contribution in [-0.4, -0.2) is 37.4 Å². The summed E-state index contributed by atoms with van der Waals surface area (Å²) in [5.41, 5.74) is 14.7. The lowest BCUT2D eigenvalue weighted by Crippen LogP contribution is -2.47. The van der Waals surface area contributed by atoms with E-state index in [1.165, 1.54) is 4.57 Å². The van der Waals surface area contributed by atoms with Gasteiger partial charge in [0.25, 0.3) is 0 Å². The van der Waals surface area contributed by atoms with Gasteiger partial charge < -0.3 is 15.9 Å². The van der Waals surface area contributed by atoms with Crippen molar-refractivity contribution in [1.29, 1.82) is 5.26 Å². The molecular weight excluding hydrogens is 406 g/mol. The number of nitrogens with one attached hydrogen (secondary N) is 1. The Morgan fingerprint density at radius 2 is 1.77 bits per heavy atom. The minimum absolute atomic E-state index is 0.120.